The Morgan fingerprint density at radius 3 is 2.45 bits per heavy atom. The minimum atomic E-state index is -3.78. The first-order valence-corrected chi connectivity index (χ1v) is 14.8. The molecule has 4 aromatic rings. The second-order valence-corrected chi connectivity index (χ2v) is 11.8. The molecule has 0 saturated carbocycles. The Hall–Kier alpha value is -3.34. The molecule has 0 bridgehead atoms. The summed E-state index contributed by atoms with van der Waals surface area (Å²) in [5, 5.41) is 1.24. The van der Waals surface area contributed by atoms with Crippen LogP contribution >= 0.6 is 11.5 Å². The second kappa shape index (κ2) is 11.2. The molecule has 1 fully saturated rings. The van der Waals surface area contributed by atoms with Gasteiger partial charge in [0.25, 0.3) is 10.0 Å². The zero-order chi connectivity index (χ0) is 26.7. The zero-order valence-electron chi connectivity index (χ0n) is 21.8. The Morgan fingerprint density at radius 2 is 1.71 bits per heavy atom. The normalized spacial score (nSPS) is 14.6. The van der Waals surface area contributed by atoms with Gasteiger partial charge in [0.05, 0.1) is 29.5 Å². The summed E-state index contributed by atoms with van der Waals surface area (Å²) >= 11 is 1.56. The van der Waals surface area contributed by atoms with Gasteiger partial charge < -0.3 is 14.4 Å². The van der Waals surface area contributed by atoms with Gasteiger partial charge in [0.15, 0.2) is 11.5 Å². The van der Waals surface area contributed by atoms with Gasteiger partial charge in [0, 0.05) is 44.2 Å². The number of ether oxygens (including phenoxy) is 2. The van der Waals surface area contributed by atoms with Crippen LogP contribution in [-0.2, 0) is 16.4 Å². The van der Waals surface area contributed by atoms with Gasteiger partial charge in [0.2, 0.25) is 0 Å². The number of benzene rings is 3. The van der Waals surface area contributed by atoms with Gasteiger partial charge in [-0.15, -0.1) is 0 Å². The van der Waals surface area contributed by atoms with Crippen LogP contribution < -0.4 is 19.1 Å². The van der Waals surface area contributed by atoms with Crippen LogP contribution in [0.1, 0.15) is 11.1 Å². The number of aromatic nitrogens is 1. The van der Waals surface area contributed by atoms with Crippen molar-refractivity contribution < 1.29 is 17.9 Å². The first-order valence-electron chi connectivity index (χ1n) is 12.5. The number of sulfonamides is 1. The molecule has 38 heavy (non-hydrogen) atoms. The molecular weight excluding hydrogens is 520 g/mol. The molecule has 0 amide bonds. The van der Waals surface area contributed by atoms with E-state index < -0.39 is 10.0 Å². The van der Waals surface area contributed by atoms with Gasteiger partial charge in [-0.1, -0.05) is 24.3 Å². The zero-order valence-corrected chi connectivity index (χ0v) is 23.4. The van der Waals surface area contributed by atoms with Crippen LogP contribution in [-0.4, -0.2) is 64.6 Å². The number of nitrogens with one attached hydrogen (secondary N) is 1. The van der Waals surface area contributed by atoms with E-state index in [0.29, 0.717) is 17.2 Å². The van der Waals surface area contributed by atoms with Crippen LogP contribution in [0.2, 0.25) is 0 Å². The average molecular weight is 553 g/mol. The molecule has 8 nitrogen and oxygen atoms in total. The number of anilines is 2. The maximum absolute atomic E-state index is 13.0. The molecule has 2 heterocycles. The van der Waals surface area contributed by atoms with Crippen molar-refractivity contribution >= 4 is 43.1 Å². The van der Waals surface area contributed by atoms with Crippen LogP contribution in [0.4, 0.5) is 11.5 Å². The van der Waals surface area contributed by atoms with Crippen LogP contribution in [0.5, 0.6) is 11.5 Å². The van der Waals surface area contributed by atoms with Crippen LogP contribution in [0.25, 0.3) is 10.1 Å². The molecule has 1 aliphatic rings. The lowest BCUT2D eigenvalue weighted by Crippen LogP contribution is -2.47. The van der Waals surface area contributed by atoms with E-state index >= 15 is 0 Å². The van der Waals surface area contributed by atoms with Crippen molar-refractivity contribution in [3.8, 4) is 11.5 Å². The first kappa shape index (κ1) is 26.3. The predicted molar refractivity (Wildman–Crippen MR) is 154 cm³/mol. The minimum absolute atomic E-state index is 0.114. The summed E-state index contributed by atoms with van der Waals surface area (Å²) in [5.41, 5.74) is 2.63. The summed E-state index contributed by atoms with van der Waals surface area (Å²) in [6.07, 6.45) is 0.906. The van der Waals surface area contributed by atoms with Gasteiger partial charge in [-0.2, -0.15) is 4.37 Å². The number of piperazine rings is 1. The summed E-state index contributed by atoms with van der Waals surface area (Å²) in [4.78, 5) is 4.98. The van der Waals surface area contributed by atoms with Crippen LogP contribution in [0.3, 0.4) is 0 Å². The van der Waals surface area contributed by atoms with E-state index in [4.69, 9.17) is 13.8 Å². The third kappa shape index (κ3) is 5.57. The van der Waals surface area contributed by atoms with Crippen molar-refractivity contribution in [3.63, 3.8) is 0 Å². The molecule has 10 heteroatoms. The highest BCUT2D eigenvalue weighted by molar-refractivity contribution is 7.92. The first-order chi connectivity index (χ1) is 18.4. The molecule has 1 N–H and O–H groups in total. The second-order valence-electron chi connectivity index (χ2n) is 9.35. The smallest absolute Gasteiger partial charge is 0.262 e. The lowest BCUT2D eigenvalue weighted by Gasteiger charge is -2.35. The van der Waals surface area contributed by atoms with Crippen molar-refractivity contribution in [2.45, 2.75) is 18.2 Å². The SMILES string of the molecule is COc1ccc(S(=O)(=O)Nc2ccc(CCN3CCN(c4nsc5ccccc45)CC3)cc2C)cc1OC. The number of hydrogen-bond acceptors (Lipinski definition) is 8. The average Bonchev–Trinajstić information content (AvgIpc) is 3.37. The van der Waals surface area contributed by atoms with E-state index in [2.05, 4.69) is 44.9 Å². The summed E-state index contributed by atoms with van der Waals surface area (Å²) in [6, 6.07) is 18.9. The van der Waals surface area contributed by atoms with E-state index in [1.54, 1.807) is 17.6 Å². The standard InChI is InChI=1S/C28H32N4O4S2/c1-20-18-21(8-10-24(20)30-38(33,34)22-9-11-25(35-2)26(19-22)36-3)12-13-31-14-16-32(17-15-31)28-23-6-4-5-7-27(23)37-29-28/h4-11,18-19,30H,12-17H2,1-3H3. The molecule has 3 aromatic carbocycles. The molecule has 5 rings (SSSR count). The quantitative estimate of drug-likeness (QED) is 0.320. The van der Waals surface area contributed by atoms with Crippen molar-refractivity contribution in [2.75, 3.05) is 56.6 Å². The Balaban J connectivity index is 1.17. The molecular formula is C28H32N4O4S2. The number of aryl methyl sites for hydroxylation is 1. The highest BCUT2D eigenvalue weighted by Crippen LogP contribution is 2.31. The van der Waals surface area contributed by atoms with E-state index in [9.17, 15) is 8.42 Å². The number of rotatable bonds is 9. The van der Waals surface area contributed by atoms with Gasteiger partial charge in [0.1, 0.15) is 5.82 Å². The third-order valence-corrected chi connectivity index (χ3v) is 9.13. The van der Waals surface area contributed by atoms with E-state index in [-0.39, 0.29) is 4.90 Å². The molecule has 0 radical (unpaired) electrons. The number of nitrogens with zero attached hydrogens (tertiary/aromatic N) is 3. The summed E-state index contributed by atoms with van der Waals surface area (Å²) in [7, 11) is -0.784. The summed E-state index contributed by atoms with van der Waals surface area (Å²) in [5.74, 6) is 1.94. The maximum Gasteiger partial charge on any atom is 0.262 e. The highest BCUT2D eigenvalue weighted by Gasteiger charge is 2.21. The molecule has 1 saturated heterocycles. The topological polar surface area (TPSA) is 84.0 Å². The minimum Gasteiger partial charge on any atom is -0.493 e. The van der Waals surface area contributed by atoms with Crippen LogP contribution in [0, 0.1) is 6.92 Å². The fraction of sp³-hybridized carbons (Fsp3) is 0.321. The fourth-order valence-corrected chi connectivity index (χ4v) is 6.70. The van der Waals surface area contributed by atoms with Crippen molar-refractivity contribution in [1.82, 2.24) is 9.27 Å². The highest BCUT2D eigenvalue weighted by atomic mass is 32.2. The molecule has 200 valence electrons. The Bertz CT molecular complexity index is 1530. The number of methoxy groups -OCH3 is 2. The monoisotopic (exact) mass is 552 g/mol. The number of hydrogen-bond donors (Lipinski definition) is 1. The lowest BCUT2D eigenvalue weighted by atomic mass is 10.1. The van der Waals surface area contributed by atoms with E-state index in [1.807, 2.05) is 19.1 Å². The number of fused-ring (bicyclic) bond motifs is 1. The van der Waals surface area contributed by atoms with E-state index in [1.165, 1.54) is 42.0 Å². The Labute approximate surface area is 228 Å². The molecule has 1 aromatic heterocycles. The van der Waals surface area contributed by atoms with Crippen LogP contribution in [0.15, 0.2) is 65.6 Å². The van der Waals surface area contributed by atoms with Crippen molar-refractivity contribution in [3.05, 3.63) is 71.8 Å². The van der Waals surface area contributed by atoms with Crippen molar-refractivity contribution in [1.29, 1.82) is 0 Å². The van der Waals surface area contributed by atoms with Gasteiger partial charge in [-0.05, 0) is 66.3 Å². The molecule has 0 atom stereocenters. The molecule has 1 aliphatic heterocycles. The largest absolute Gasteiger partial charge is 0.493 e. The predicted octanol–water partition coefficient (Wildman–Crippen LogP) is 4.79. The summed E-state index contributed by atoms with van der Waals surface area (Å²) in [6.45, 7) is 6.80. The van der Waals surface area contributed by atoms with Gasteiger partial charge in [-0.25, -0.2) is 8.42 Å². The maximum atomic E-state index is 13.0. The molecule has 0 unspecified atom stereocenters. The van der Waals surface area contributed by atoms with Gasteiger partial charge >= 0.3 is 0 Å². The van der Waals surface area contributed by atoms with Crippen molar-refractivity contribution in [2.24, 2.45) is 0 Å². The summed E-state index contributed by atoms with van der Waals surface area (Å²) < 4.78 is 45.1. The van der Waals surface area contributed by atoms with Gasteiger partial charge in [-0.3, -0.25) is 9.62 Å². The van der Waals surface area contributed by atoms with E-state index in [0.717, 1.165) is 50.5 Å². The Kier molecular flexibility index (Phi) is 7.73. The molecule has 0 spiro atoms. The molecule has 0 aliphatic carbocycles. The fourth-order valence-electron chi connectivity index (χ4n) is 4.75. The Morgan fingerprint density at radius 1 is 0.947 bits per heavy atom. The third-order valence-electron chi connectivity index (χ3n) is 6.95. The lowest BCUT2D eigenvalue weighted by molar-refractivity contribution is 0.261.